The third-order valence-corrected chi connectivity index (χ3v) is 2.42. The fourth-order valence-corrected chi connectivity index (χ4v) is 1.30. The summed E-state index contributed by atoms with van der Waals surface area (Å²) in [5.41, 5.74) is -1.69. The van der Waals surface area contributed by atoms with Gasteiger partial charge < -0.3 is 25.6 Å². The van der Waals surface area contributed by atoms with Crippen LogP contribution < -0.4 is 15.4 Å². The van der Waals surface area contributed by atoms with Crippen LogP contribution in [0.1, 0.15) is 20.8 Å². The van der Waals surface area contributed by atoms with Gasteiger partial charge in [0.1, 0.15) is 5.69 Å². The first-order chi connectivity index (χ1) is 9.72. The van der Waals surface area contributed by atoms with Gasteiger partial charge in [-0.3, -0.25) is 0 Å². The molecule has 1 aromatic rings. The number of aromatic nitrogens is 1. The molecular weight excluding hydrogens is 278 g/mol. The molecule has 0 radical (unpaired) electrons. The maximum Gasteiger partial charge on any atom is 0.337 e. The van der Waals surface area contributed by atoms with Gasteiger partial charge in [0.25, 0.3) is 0 Å². The number of carboxylic acids is 1. The molecule has 1 unspecified atom stereocenters. The molecule has 0 saturated carbocycles. The molecule has 0 aliphatic carbocycles. The monoisotopic (exact) mass is 297 g/mol. The lowest BCUT2D eigenvalue weighted by atomic mass is 10.1. The van der Waals surface area contributed by atoms with Gasteiger partial charge in [-0.05, 0) is 32.9 Å². The molecule has 1 aromatic heterocycles. The highest BCUT2D eigenvalue weighted by atomic mass is 16.5. The molecule has 0 fully saturated rings. The smallest absolute Gasteiger partial charge is 0.337 e. The van der Waals surface area contributed by atoms with E-state index >= 15 is 0 Å². The molecule has 1 atom stereocenters. The van der Waals surface area contributed by atoms with Crippen LogP contribution >= 0.6 is 0 Å². The van der Waals surface area contributed by atoms with Gasteiger partial charge in [-0.1, -0.05) is 0 Å². The first kappa shape index (κ1) is 16.7. The molecule has 2 amide bonds. The lowest BCUT2D eigenvalue weighted by molar-refractivity contribution is -0.155. The summed E-state index contributed by atoms with van der Waals surface area (Å²) >= 11 is 0. The standard InChI is InChI=1S/C13H19N3O5/c1-8(2)21-10-9(5-4-6-14-10)16-12(19)15-7-13(3,20)11(17)18/h4-6,8,20H,7H2,1-3H3,(H,17,18)(H2,15,16,19). The van der Waals surface area contributed by atoms with E-state index in [1.807, 2.05) is 13.8 Å². The number of hydrogen-bond donors (Lipinski definition) is 4. The van der Waals surface area contributed by atoms with Crippen molar-refractivity contribution in [2.45, 2.75) is 32.5 Å². The van der Waals surface area contributed by atoms with Crippen molar-refractivity contribution in [1.29, 1.82) is 0 Å². The van der Waals surface area contributed by atoms with Gasteiger partial charge in [0.05, 0.1) is 12.6 Å². The molecule has 0 spiro atoms. The molecule has 0 bridgehead atoms. The summed E-state index contributed by atoms with van der Waals surface area (Å²) < 4.78 is 5.43. The Kier molecular flexibility index (Phi) is 5.48. The van der Waals surface area contributed by atoms with Crippen LogP contribution in [0.25, 0.3) is 0 Å². The highest BCUT2D eigenvalue weighted by Crippen LogP contribution is 2.21. The predicted octanol–water partition coefficient (Wildman–Crippen LogP) is 0.826. The van der Waals surface area contributed by atoms with E-state index in [1.165, 1.54) is 6.20 Å². The lowest BCUT2D eigenvalue weighted by Crippen LogP contribution is -2.47. The Balaban J connectivity index is 2.65. The number of pyridine rings is 1. The lowest BCUT2D eigenvalue weighted by Gasteiger charge is -2.19. The highest BCUT2D eigenvalue weighted by molar-refractivity contribution is 5.91. The maximum absolute atomic E-state index is 11.7. The first-order valence-corrected chi connectivity index (χ1v) is 6.34. The molecule has 0 aliphatic heterocycles. The van der Waals surface area contributed by atoms with Gasteiger partial charge in [0.2, 0.25) is 5.88 Å². The minimum atomic E-state index is -2.04. The van der Waals surface area contributed by atoms with E-state index in [2.05, 4.69) is 15.6 Å². The van der Waals surface area contributed by atoms with Crippen LogP contribution in [0.3, 0.4) is 0 Å². The van der Waals surface area contributed by atoms with Crippen molar-refractivity contribution >= 4 is 17.7 Å². The fraction of sp³-hybridized carbons (Fsp3) is 0.462. The van der Waals surface area contributed by atoms with Crippen molar-refractivity contribution in [3.8, 4) is 5.88 Å². The number of ether oxygens (including phenoxy) is 1. The zero-order valence-corrected chi connectivity index (χ0v) is 12.1. The number of carbonyl (C=O) groups excluding carboxylic acids is 1. The minimum Gasteiger partial charge on any atom is -0.479 e. The Labute approximate surface area is 122 Å². The van der Waals surface area contributed by atoms with Gasteiger partial charge in [0, 0.05) is 6.20 Å². The molecule has 4 N–H and O–H groups in total. The van der Waals surface area contributed by atoms with E-state index < -0.39 is 24.1 Å². The van der Waals surface area contributed by atoms with E-state index in [0.29, 0.717) is 5.69 Å². The third-order valence-electron chi connectivity index (χ3n) is 2.42. The van der Waals surface area contributed by atoms with E-state index in [0.717, 1.165) is 6.92 Å². The Hall–Kier alpha value is -2.35. The normalized spacial score (nSPS) is 13.4. The number of rotatable bonds is 6. The van der Waals surface area contributed by atoms with Crippen molar-refractivity contribution in [1.82, 2.24) is 10.3 Å². The van der Waals surface area contributed by atoms with Gasteiger partial charge >= 0.3 is 12.0 Å². The summed E-state index contributed by atoms with van der Waals surface area (Å²) in [6.45, 7) is 4.30. The van der Waals surface area contributed by atoms with E-state index in [-0.39, 0.29) is 12.0 Å². The molecule has 0 saturated heterocycles. The van der Waals surface area contributed by atoms with Crippen molar-refractivity contribution in [2.24, 2.45) is 0 Å². The Bertz CT molecular complexity index is 516. The van der Waals surface area contributed by atoms with Crippen molar-refractivity contribution < 1.29 is 24.5 Å². The van der Waals surface area contributed by atoms with Gasteiger partial charge in [-0.25, -0.2) is 14.6 Å². The molecule has 1 rings (SSSR count). The number of carbonyl (C=O) groups is 2. The largest absolute Gasteiger partial charge is 0.479 e. The van der Waals surface area contributed by atoms with Crippen LogP contribution in [-0.2, 0) is 4.79 Å². The van der Waals surface area contributed by atoms with Crippen LogP contribution in [0.4, 0.5) is 10.5 Å². The summed E-state index contributed by atoms with van der Waals surface area (Å²) in [5.74, 6) is -1.17. The molecule has 1 heterocycles. The number of hydrogen-bond acceptors (Lipinski definition) is 5. The molecule has 8 heteroatoms. The van der Waals surface area contributed by atoms with E-state index in [1.54, 1.807) is 12.1 Å². The second kappa shape index (κ2) is 6.89. The average molecular weight is 297 g/mol. The van der Waals surface area contributed by atoms with E-state index in [9.17, 15) is 14.7 Å². The number of carboxylic acid groups (broad SMARTS) is 1. The van der Waals surface area contributed by atoms with Crippen LogP contribution in [0.15, 0.2) is 18.3 Å². The molecular formula is C13H19N3O5. The van der Waals surface area contributed by atoms with Crippen LogP contribution in [0.5, 0.6) is 5.88 Å². The second-order valence-electron chi connectivity index (χ2n) is 4.91. The quantitative estimate of drug-likeness (QED) is 0.617. The summed E-state index contributed by atoms with van der Waals surface area (Å²) in [5, 5.41) is 23.0. The number of anilines is 1. The Morgan fingerprint density at radius 1 is 1.48 bits per heavy atom. The fourth-order valence-electron chi connectivity index (χ4n) is 1.30. The zero-order chi connectivity index (χ0) is 16.0. The number of aliphatic hydroxyl groups is 1. The molecule has 21 heavy (non-hydrogen) atoms. The zero-order valence-electron chi connectivity index (χ0n) is 12.1. The Morgan fingerprint density at radius 2 is 2.14 bits per heavy atom. The summed E-state index contributed by atoms with van der Waals surface area (Å²) in [7, 11) is 0. The molecule has 8 nitrogen and oxygen atoms in total. The number of nitrogens with one attached hydrogen (secondary N) is 2. The van der Waals surface area contributed by atoms with Crippen molar-refractivity contribution in [3.05, 3.63) is 18.3 Å². The summed E-state index contributed by atoms with van der Waals surface area (Å²) in [6.07, 6.45) is 1.41. The average Bonchev–Trinajstić information content (AvgIpc) is 2.38. The Morgan fingerprint density at radius 3 is 2.71 bits per heavy atom. The molecule has 0 aromatic carbocycles. The van der Waals surface area contributed by atoms with Gasteiger partial charge in [0.15, 0.2) is 5.60 Å². The number of urea groups is 1. The minimum absolute atomic E-state index is 0.115. The number of amides is 2. The number of nitrogens with zero attached hydrogens (tertiary/aromatic N) is 1. The van der Waals surface area contributed by atoms with Crippen LogP contribution in [0, 0.1) is 0 Å². The van der Waals surface area contributed by atoms with Gasteiger partial charge in [-0.2, -0.15) is 0 Å². The molecule has 116 valence electrons. The first-order valence-electron chi connectivity index (χ1n) is 6.34. The van der Waals surface area contributed by atoms with Crippen LogP contribution in [0.2, 0.25) is 0 Å². The highest BCUT2D eigenvalue weighted by Gasteiger charge is 2.30. The summed E-state index contributed by atoms with van der Waals surface area (Å²) in [6, 6.07) is 2.55. The van der Waals surface area contributed by atoms with Gasteiger partial charge in [-0.15, -0.1) is 0 Å². The van der Waals surface area contributed by atoms with E-state index in [4.69, 9.17) is 9.84 Å². The van der Waals surface area contributed by atoms with Crippen molar-refractivity contribution in [2.75, 3.05) is 11.9 Å². The second-order valence-corrected chi connectivity index (χ2v) is 4.91. The maximum atomic E-state index is 11.7. The predicted molar refractivity (Wildman–Crippen MR) is 75.3 cm³/mol. The third kappa shape index (κ3) is 5.27. The summed E-state index contributed by atoms with van der Waals surface area (Å²) in [4.78, 5) is 26.4. The SMILES string of the molecule is CC(C)Oc1ncccc1NC(=O)NCC(C)(O)C(=O)O. The number of aliphatic carboxylic acids is 1. The molecule has 0 aliphatic rings. The van der Waals surface area contributed by atoms with Crippen LogP contribution in [-0.4, -0.2) is 45.4 Å². The topological polar surface area (TPSA) is 121 Å². The van der Waals surface area contributed by atoms with Crippen molar-refractivity contribution in [3.63, 3.8) is 0 Å².